The maximum absolute atomic E-state index is 5.98. The number of aryl methyl sites for hydroxylation is 1. The van der Waals surface area contributed by atoms with E-state index in [9.17, 15) is 0 Å². The molecule has 0 radical (unpaired) electrons. The molecule has 3 aromatic rings. The first-order chi connectivity index (χ1) is 10.2. The summed E-state index contributed by atoms with van der Waals surface area (Å²) < 4.78 is 8.84. The minimum absolute atomic E-state index is 0.486. The third kappa shape index (κ3) is 2.85. The summed E-state index contributed by atoms with van der Waals surface area (Å²) in [5.41, 5.74) is 1.73. The number of ether oxygens (including phenoxy) is 1. The SMILES string of the molecule is CCNc1cn2ccnc2c(Oc2cc(Br)ccc2C)n1. The molecule has 0 amide bonds. The van der Waals surface area contributed by atoms with E-state index in [0.717, 1.165) is 28.1 Å². The summed E-state index contributed by atoms with van der Waals surface area (Å²) in [5.74, 6) is 2.00. The van der Waals surface area contributed by atoms with Crippen molar-refractivity contribution < 1.29 is 4.74 Å². The second kappa shape index (κ2) is 5.73. The largest absolute Gasteiger partial charge is 0.436 e. The molecule has 0 spiro atoms. The van der Waals surface area contributed by atoms with Gasteiger partial charge in [-0.25, -0.2) is 4.98 Å². The van der Waals surface area contributed by atoms with Gasteiger partial charge in [0.1, 0.15) is 11.6 Å². The number of imidazole rings is 1. The third-order valence-corrected chi connectivity index (χ3v) is 3.55. The van der Waals surface area contributed by atoms with E-state index in [4.69, 9.17) is 4.74 Å². The van der Waals surface area contributed by atoms with Crippen LogP contribution in [0.15, 0.2) is 41.3 Å². The minimum Gasteiger partial charge on any atom is -0.436 e. The molecule has 0 aliphatic heterocycles. The van der Waals surface area contributed by atoms with Gasteiger partial charge in [-0.3, -0.25) is 4.40 Å². The number of fused-ring (bicyclic) bond motifs is 1. The summed E-state index contributed by atoms with van der Waals surface area (Å²) in [6.45, 7) is 4.82. The van der Waals surface area contributed by atoms with Gasteiger partial charge in [-0.05, 0) is 31.5 Å². The normalized spacial score (nSPS) is 10.8. The van der Waals surface area contributed by atoms with Gasteiger partial charge in [0.15, 0.2) is 0 Å². The summed E-state index contributed by atoms with van der Waals surface area (Å²) >= 11 is 3.46. The number of hydrogen-bond acceptors (Lipinski definition) is 4. The Morgan fingerprint density at radius 2 is 2.24 bits per heavy atom. The van der Waals surface area contributed by atoms with Crippen LogP contribution in [-0.2, 0) is 0 Å². The van der Waals surface area contributed by atoms with Crippen LogP contribution in [-0.4, -0.2) is 20.9 Å². The summed E-state index contributed by atoms with van der Waals surface area (Å²) in [6, 6.07) is 5.91. The lowest BCUT2D eigenvalue weighted by Gasteiger charge is -2.11. The molecule has 2 heterocycles. The smallest absolute Gasteiger partial charge is 0.265 e. The van der Waals surface area contributed by atoms with Gasteiger partial charge >= 0.3 is 0 Å². The highest BCUT2D eigenvalue weighted by molar-refractivity contribution is 9.10. The molecule has 0 fully saturated rings. The van der Waals surface area contributed by atoms with E-state index < -0.39 is 0 Å². The zero-order valence-corrected chi connectivity index (χ0v) is 13.4. The van der Waals surface area contributed by atoms with Crippen molar-refractivity contribution in [2.24, 2.45) is 0 Å². The van der Waals surface area contributed by atoms with Crippen molar-refractivity contribution >= 4 is 27.4 Å². The van der Waals surface area contributed by atoms with Crippen LogP contribution in [0.3, 0.4) is 0 Å². The first-order valence-electron chi connectivity index (χ1n) is 6.69. The van der Waals surface area contributed by atoms with E-state index in [1.807, 2.05) is 48.8 Å². The topological polar surface area (TPSA) is 51.5 Å². The van der Waals surface area contributed by atoms with E-state index >= 15 is 0 Å². The van der Waals surface area contributed by atoms with Crippen LogP contribution >= 0.6 is 15.9 Å². The maximum Gasteiger partial charge on any atom is 0.265 e. The number of rotatable bonds is 4. The molecule has 0 atom stereocenters. The third-order valence-electron chi connectivity index (χ3n) is 3.06. The Bertz CT molecular complexity index is 784. The summed E-state index contributed by atoms with van der Waals surface area (Å²) in [7, 11) is 0. The number of nitrogens with zero attached hydrogens (tertiary/aromatic N) is 3. The van der Waals surface area contributed by atoms with Crippen molar-refractivity contribution in [1.29, 1.82) is 0 Å². The fourth-order valence-corrected chi connectivity index (χ4v) is 2.37. The van der Waals surface area contributed by atoms with Crippen LogP contribution in [0.25, 0.3) is 5.65 Å². The number of aromatic nitrogens is 3. The molecule has 0 aliphatic rings. The average molecular weight is 347 g/mol. The standard InChI is InChI=1S/C15H15BrN4O/c1-3-17-13-9-20-7-6-18-14(20)15(19-13)21-12-8-11(16)5-4-10(12)2/h4-9,17H,3H2,1-2H3. The van der Waals surface area contributed by atoms with Crippen molar-refractivity contribution in [3.8, 4) is 11.6 Å². The Morgan fingerprint density at radius 1 is 1.38 bits per heavy atom. The first-order valence-corrected chi connectivity index (χ1v) is 7.48. The lowest BCUT2D eigenvalue weighted by atomic mass is 10.2. The number of hydrogen-bond donors (Lipinski definition) is 1. The van der Waals surface area contributed by atoms with Crippen LogP contribution in [0.1, 0.15) is 12.5 Å². The molecule has 21 heavy (non-hydrogen) atoms. The predicted molar refractivity (Wildman–Crippen MR) is 86.1 cm³/mol. The fraction of sp³-hybridized carbons (Fsp3) is 0.200. The van der Waals surface area contributed by atoms with Crippen LogP contribution in [0.2, 0.25) is 0 Å². The van der Waals surface area contributed by atoms with Crippen molar-refractivity contribution in [3.05, 3.63) is 46.8 Å². The molecule has 0 bridgehead atoms. The lowest BCUT2D eigenvalue weighted by Crippen LogP contribution is -2.03. The second-order valence-corrected chi connectivity index (χ2v) is 5.55. The average Bonchev–Trinajstić information content (AvgIpc) is 2.92. The molecular weight excluding hydrogens is 332 g/mol. The van der Waals surface area contributed by atoms with Crippen molar-refractivity contribution in [2.45, 2.75) is 13.8 Å². The molecule has 0 unspecified atom stereocenters. The van der Waals surface area contributed by atoms with E-state index in [1.165, 1.54) is 0 Å². The molecule has 5 nitrogen and oxygen atoms in total. The molecule has 1 N–H and O–H groups in total. The molecule has 0 saturated carbocycles. The number of anilines is 1. The zero-order valence-electron chi connectivity index (χ0n) is 11.8. The van der Waals surface area contributed by atoms with Gasteiger partial charge < -0.3 is 10.1 Å². The Labute approximate surface area is 131 Å². The Kier molecular flexibility index (Phi) is 3.79. The van der Waals surface area contributed by atoms with E-state index in [1.54, 1.807) is 6.20 Å². The van der Waals surface area contributed by atoms with Gasteiger partial charge in [0.2, 0.25) is 5.65 Å². The van der Waals surface area contributed by atoms with Crippen molar-refractivity contribution in [3.63, 3.8) is 0 Å². The fourth-order valence-electron chi connectivity index (χ4n) is 2.03. The number of benzene rings is 1. The van der Waals surface area contributed by atoms with Crippen LogP contribution in [0, 0.1) is 6.92 Å². The highest BCUT2D eigenvalue weighted by atomic mass is 79.9. The highest BCUT2D eigenvalue weighted by Crippen LogP contribution is 2.29. The lowest BCUT2D eigenvalue weighted by molar-refractivity contribution is 0.462. The number of nitrogens with one attached hydrogen (secondary N) is 1. The van der Waals surface area contributed by atoms with Gasteiger partial charge in [0, 0.05) is 23.4 Å². The van der Waals surface area contributed by atoms with Crippen molar-refractivity contribution in [1.82, 2.24) is 14.4 Å². The predicted octanol–water partition coefficient (Wildman–Crippen LogP) is 4.02. The summed E-state index contributed by atoms with van der Waals surface area (Å²) in [6.07, 6.45) is 5.50. The molecule has 108 valence electrons. The molecule has 2 aromatic heterocycles. The quantitative estimate of drug-likeness (QED) is 0.774. The van der Waals surface area contributed by atoms with E-state index in [-0.39, 0.29) is 0 Å². The molecule has 0 aliphatic carbocycles. The summed E-state index contributed by atoms with van der Waals surface area (Å²) in [5, 5.41) is 3.19. The second-order valence-electron chi connectivity index (χ2n) is 4.63. The maximum atomic E-state index is 5.98. The van der Waals surface area contributed by atoms with Gasteiger partial charge in [0.25, 0.3) is 5.88 Å². The zero-order chi connectivity index (χ0) is 14.8. The Balaban J connectivity index is 2.06. The van der Waals surface area contributed by atoms with Gasteiger partial charge in [0.05, 0.1) is 6.20 Å². The Hall–Kier alpha value is -2.08. The molecule has 1 aromatic carbocycles. The molecule has 0 saturated heterocycles. The van der Waals surface area contributed by atoms with E-state index in [2.05, 4.69) is 31.2 Å². The first kappa shape index (κ1) is 13.9. The highest BCUT2D eigenvalue weighted by Gasteiger charge is 2.11. The minimum atomic E-state index is 0.486. The van der Waals surface area contributed by atoms with Crippen LogP contribution in [0.5, 0.6) is 11.6 Å². The van der Waals surface area contributed by atoms with Crippen LogP contribution < -0.4 is 10.1 Å². The van der Waals surface area contributed by atoms with Gasteiger partial charge in [-0.15, -0.1) is 0 Å². The molecule has 6 heteroatoms. The monoisotopic (exact) mass is 346 g/mol. The van der Waals surface area contributed by atoms with Crippen LogP contribution in [0.4, 0.5) is 5.82 Å². The summed E-state index contributed by atoms with van der Waals surface area (Å²) in [4.78, 5) is 8.80. The Morgan fingerprint density at radius 3 is 3.05 bits per heavy atom. The van der Waals surface area contributed by atoms with E-state index in [0.29, 0.717) is 11.5 Å². The van der Waals surface area contributed by atoms with Gasteiger partial charge in [-0.1, -0.05) is 22.0 Å². The van der Waals surface area contributed by atoms with Crippen molar-refractivity contribution in [2.75, 3.05) is 11.9 Å². The number of halogens is 1. The molecule has 3 rings (SSSR count). The molecular formula is C15H15BrN4O. The van der Waals surface area contributed by atoms with Gasteiger partial charge in [-0.2, -0.15) is 4.98 Å².